The molecule has 1 amide bonds. The van der Waals surface area contributed by atoms with Crippen molar-refractivity contribution in [2.45, 2.75) is 13.1 Å². The summed E-state index contributed by atoms with van der Waals surface area (Å²) in [6.45, 7) is 4.83. The maximum absolute atomic E-state index is 12.3. The van der Waals surface area contributed by atoms with Gasteiger partial charge in [0, 0.05) is 17.6 Å². The summed E-state index contributed by atoms with van der Waals surface area (Å²) in [7, 11) is 0. The average Bonchev–Trinajstić information content (AvgIpc) is 2.98. The van der Waals surface area contributed by atoms with Crippen LogP contribution >= 0.6 is 22.9 Å². The molecule has 0 radical (unpaired) electrons. The van der Waals surface area contributed by atoms with Crippen molar-refractivity contribution in [3.05, 3.63) is 46.4 Å². The molecule has 0 fully saturated rings. The maximum atomic E-state index is 12.3. The summed E-state index contributed by atoms with van der Waals surface area (Å²) in [5, 5.41) is 4.01. The van der Waals surface area contributed by atoms with Crippen molar-refractivity contribution in [1.82, 2.24) is 14.7 Å². The molecule has 0 aliphatic carbocycles. The van der Waals surface area contributed by atoms with Gasteiger partial charge in [-0.15, -0.1) is 17.9 Å². The van der Waals surface area contributed by atoms with E-state index < -0.39 is 0 Å². The second-order valence-corrected chi connectivity index (χ2v) is 6.04. The number of nitrogen functional groups attached to an aromatic ring is 1. The van der Waals surface area contributed by atoms with Crippen LogP contribution in [0.25, 0.3) is 0 Å². The number of nitrogens with two attached hydrogens (primary N) is 1. The Bertz CT molecular complexity index is 607. The number of amides is 1. The Hall–Kier alpha value is -1.79. The summed E-state index contributed by atoms with van der Waals surface area (Å²) in [6.07, 6.45) is 4.85. The van der Waals surface area contributed by atoms with E-state index in [1.165, 1.54) is 22.2 Å². The van der Waals surface area contributed by atoms with E-state index in [0.717, 1.165) is 4.88 Å². The number of aromatic nitrogens is 2. The van der Waals surface area contributed by atoms with E-state index in [1.807, 2.05) is 12.1 Å². The Morgan fingerprint density at radius 1 is 1.60 bits per heavy atom. The van der Waals surface area contributed by atoms with Crippen LogP contribution in [0.1, 0.15) is 4.88 Å². The first-order valence-corrected chi connectivity index (χ1v) is 7.18. The molecule has 7 heteroatoms. The molecule has 0 bridgehead atoms. The molecule has 0 aromatic carbocycles. The first-order valence-electron chi connectivity index (χ1n) is 5.99. The molecule has 2 rings (SSSR count). The molecule has 2 aromatic rings. The molecule has 0 atom stereocenters. The van der Waals surface area contributed by atoms with Crippen LogP contribution in [0.4, 0.5) is 5.69 Å². The van der Waals surface area contributed by atoms with E-state index in [9.17, 15) is 4.79 Å². The molecule has 0 aliphatic heterocycles. The van der Waals surface area contributed by atoms with Gasteiger partial charge in [0.05, 0.1) is 22.8 Å². The molecular formula is C13H15ClN4OS. The van der Waals surface area contributed by atoms with Gasteiger partial charge in [-0.2, -0.15) is 5.10 Å². The smallest absolute Gasteiger partial charge is 0.244 e. The number of anilines is 1. The zero-order valence-electron chi connectivity index (χ0n) is 10.8. The molecule has 0 spiro atoms. The van der Waals surface area contributed by atoms with Crippen molar-refractivity contribution in [2.24, 2.45) is 0 Å². The molecule has 2 N–H and O–H groups in total. The molecule has 0 saturated heterocycles. The Morgan fingerprint density at radius 2 is 2.40 bits per heavy atom. The van der Waals surface area contributed by atoms with Crippen LogP contribution in [0, 0.1) is 0 Å². The van der Waals surface area contributed by atoms with Crippen LogP contribution in [0.15, 0.2) is 37.2 Å². The Labute approximate surface area is 126 Å². The highest BCUT2D eigenvalue weighted by Gasteiger charge is 2.14. The highest BCUT2D eigenvalue weighted by molar-refractivity contribution is 7.16. The Kier molecular flexibility index (Phi) is 4.81. The van der Waals surface area contributed by atoms with Gasteiger partial charge in [0.25, 0.3) is 0 Å². The second-order valence-electron chi connectivity index (χ2n) is 4.24. The first-order chi connectivity index (χ1) is 9.58. The normalized spacial score (nSPS) is 10.4. The lowest BCUT2D eigenvalue weighted by Gasteiger charge is -2.20. The van der Waals surface area contributed by atoms with Crippen LogP contribution in [0.2, 0.25) is 4.34 Å². The quantitative estimate of drug-likeness (QED) is 0.833. The van der Waals surface area contributed by atoms with Gasteiger partial charge < -0.3 is 10.6 Å². The van der Waals surface area contributed by atoms with Crippen LogP contribution in [0.5, 0.6) is 0 Å². The number of hydrogen-bond acceptors (Lipinski definition) is 4. The third-order valence-electron chi connectivity index (χ3n) is 2.63. The Balaban J connectivity index is 2.03. The predicted molar refractivity (Wildman–Crippen MR) is 81.6 cm³/mol. The zero-order valence-corrected chi connectivity index (χ0v) is 12.4. The van der Waals surface area contributed by atoms with Crippen LogP contribution in [-0.4, -0.2) is 27.1 Å². The van der Waals surface area contributed by atoms with Crippen molar-refractivity contribution < 1.29 is 4.79 Å². The molecular weight excluding hydrogens is 296 g/mol. The van der Waals surface area contributed by atoms with Crippen LogP contribution < -0.4 is 5.73 Å². The number of thiophene rings is 1. The van der Waals surface area contributed by atoms with Gasteiger partial charge >= 0.3 is 0 Å². The fraction of sp³-hybridized carbons (Fsp3) is 0.231. The topological polar surface area (TPSA) is 64.2 Å². The summed E-state index contributed by atoms with van der Waals surface area (Å²) in [5.74, 6) is -0.0440. The maximum Gasteiger partial charge on any atom is 0.244 e. The van der Waals surface area contributed by atoms with Crippen molar-refractivity contribution in [3.8, 4) is 0 Å². The van der Waals surface area contributed by atoms with E-state index in [-0.39, 0.29) is 12.5 Å². The molecule has 2 aromatic heterocycles. The van der Waals surface area contributed by atoms with Crippen molar-refractivity contribution >= 4 is 34.5 Å². The number of rotatable bonds is 6. The number of halogens is 1. The molecule has 0 unspecified atom stereocenters. The third-order valence-corrected chi connectivity index (χ3v) is 3.84. The van der Waals surface area contributed by atoms with Gasteiger partial charge in [-0.1, -0.05) is 17.7 Å². The summed E-state index contributed by atoms with van der Waals surface area (Å²) in [6, 6.07) is 3.74. The van der Waals surface area contributed by atoms with Gasteiger partial charge in [-0.05, 0) is 12.1 Å². The molecule has 0 saturated carbocycles. The summed E-state index contributed by atoms with van der Waals surface area (Å²) in [4.78, 5) is 15.0. The first kappa shape index (κ1) is 14.6. The standard InChI is InChI=1S/C13H15ClN4OS/c1-2-5-17(8-11-3-4-12(14)20-11)13(19)9-18-7-10(15)6-16-18/h2-4,6-7H,1,5,8-9,15H2. The van der Waals surface area contributed by atoms with Gasteiger partial charge in [0.2, 0.25) is 5.91 Å². The number of carbonyl (C=O) groups excluding carboxylic acids is 1. The summed E-state index contributed by atoms with van der Waals surface area (Å²) < 4.78 is 2.24. The molecule has 0 aliphatic rings. The summed E-state index contributed by atoms with van der Waals surface area (Å²) in [5.41, 5.74) is 6.12. The van der Waals surface area contributed by atoms with Crippen molar-refractivity contribution in [3.63, 3.8) is 0 Å². The minimum atomic E-state index is -0.0440. The van der Waals surface area contributed by atoms with Gasteiger partial charge in [0.15, 0.2) is 0 Å². The minimum Gasteiger partial charge on any atom is -0.396 e. The van der Waals surface area contributed by atoms with Crippen molar-refractivity contribution in [2.75, 3.05) is 12.3 Å². The lowest BCUT2D eigenvalue weighted by Crippen LogP contribution is -2.33. The largest absolute Gasteiger partial charge is 0.396 e. The number of nitrogens with zero attached hydrogens (tertiary/aromatic N) is 3. The second kappa shape index (κ2) is 6.58. The minimum absolute atomic E-state index is 0.0440. The molecule has 106 valence electrons. The highest BCUT2D eigenvalue weighted by Crippen LogP contribution is 2.22. The predicted octanol–water partition coefficient (Wildman–Crippen LogP) is 2.39. The lowest BCUT2D eigenvalue weighted by atomic mass is 10.3. The molecule has 5 nitrogen and oxygen atoms in total. The SMILES string of the molecule is C=CCN(Cc1ccc(Cl)s1)C(=O)Cn1cc(N)cn1. The fourth-order valence-corrected chi connectivity index (χ4v) is 2.84. The molecule has 2 heterocycles. The zero-order chi connectivity index (χ0) is 14.5. The van der Waals surface area contributed by atoms with Gasteiger partial charge in [0.1, 0.15) is 6.54 Å². The van der Waals surface area contributed by atoms with Crippen molar-refractivity contribution in [1.29, 1.82) is 0 Å². The number of carbonyl (C=O) groups is 1. The van der Waals surface area contributed by atoms with E-state index >= 15 is 0 Å². The average molecular weight is 311 g/mol. The van der Waals surface area contributed by atoms with E-state index in [2.05, 4.69) is 11.7 Å². The number of hydrogen-bond donors (Lipinski definition) is 1. The third kappa shape index (κ3) is 3.85. The van der Waals surface area contributed by atoms with E-state index in [4.69, 9.17) is 17.3 Å². The van der Waals surface area contributed by atoms with Gasteiger partial charge in [-0.25, -0.2) is 0 Å². The molecule has 20 heavy (non-hydrogen) atoms. The van der Waals surface area contributed by atoms with E-state index in [0.29, 0.717) is 23.1 Å². The highest BCUT2D eigenvalue weighted by atomic mass is 35.5. The summed E-state index contributed by atoms with van der Waals surface area (Å²) >= 11 is 7.36. The Morgan fingerprint density at radius 3 is 2.95 bits per heavy atom. The van der Waals surface area contributed by atoms with Gasteiger partial charge in [-0.3, -0.25) is 9.48 Å². The lowest BCUT2D eigenvalue weighted by molar-refractivity contribution is -0.132. The van der Waals surface area contributed by atoms with Crippen LogP contribution in [0.3, 0.4) is 0 Å². The van der Waals surface area contributed by atoms with E-state index in [1.54, 1.807) is 17.2 Å². The monoisotopic (exact) mass is 310 g/mol. The fourth-order valence-electron chi connectivity index (χ4n) is 1.74. The van der Waals surface area contributed by atoms with Crippen LogP contribution in [-0.2, 0) is 17.9 Å².